The minimum Gasteiger partial charge on any atom is -0.298 e. The summed E-state index contributed by atoms with van der Waals surface area (Å²) in [5.74, 6) is 0. The molecule has 0 aromatic rings. The van der Waals surface area contributed by atoms with E-state index in [-0.39, 0.29) is 0 Å². The van der Waals surface area contributed by atoms with Crippen LogP contribution < -0.4 is 0 Å². The van der Waals surface area contributed by atoms with Gasteiger partial charge in [-0.05, 0) is 25.9 Å². The van der Waals surface area contributed by atoms with Gasteiger partial charge in [-0.25, -0.2) is 0 Å². The smallest absolute Gasteiger partial charge is 0.0306 e. The quantitative estimate of drug-likeness (QED) is 0.456. The minimum absolute atomic E-state index is 0.979. The Kier molecular flexibility index (Phi) is 3.86. The van der Waals surface area contributed by atoms with E-state index in [1.165, 1.54) is 32.4 Å². The predicted octanol–water partition coefficient (Wildman–Crippen LogP) is 2.37. The van der Waals surface area contributed by atoms with Gasteiger partial charge in [-0.1, -0.05) is 25.7 Å². The van der Waals surface area contributed by atoms with E-state index in [2.05, 4.69) is 23.8 Å². The van der Waals surface area contributed by atoms with Crippen LogP contribution in [0.25, 0.3) is 0 Å². The second-order valence-corrected chi connectivity index (χ2v) is 3.24. The molecule has 1 fully saturated rings. The van der Waals surface area contributed by atoms with Crippen molar-refractivity contribution in [3.8, 4) is 0 Å². The van der Waals surface area contributed by atoms with Gasteiger partial charge in [0.1, 0.15) is 0 Å². The Hall–Kier alpha value is -0.780. The van der Waals surface area contributed by atoms with E-state index in [1.54, 1.807) is 0 Å². The van der Waals surface area contributed by atoms with Crippen molar-refractivity contribution in [2.75, 3.05) is 19.6 Å². The maximum absolute atomic E-state index is 3.73. The zero-order valence-electron chi connectivity index (χ0n) is 7.68. The molecule has 1 nitrogen and oxygen atoms in total. The van der Waals surface area contributed by atoms with Crippen molar-refractivity contribution >= 4 is 0 Å². The van der Waals surface area contributed by atoms with Crippen LogP contribution in [0.4, 0.5) is 0 Å². The van der Waals surface area contributed by atoms with Crippen molar-refractivity contribution in [1.82, 2.24) is 4.90 Å². The van der Waals surface area contributed by atoms with Crippen molar-refractivity contribution < 1.29 is 0 Å². The predicted molar refractivity (Wildman–Crippen MR) is 53.1 cm³/mol. The Bertz CT molecular complexity index is 193. The fourth-order valence-electron chi connectivity index (χ4n) is 1.55. The van der Waals surface area contributed by atoms with Gasteiger partial charge in [0.2, 0.25) is 0 Å². The largest absolute Gasteiger partial charge is 0.298 e. The summed E-state index contributed by atoms with van der Waals surface area (Å²) in [4.78, 5) is 2.44. The third kappa shape index (κ3) is 2.69. The standard InChI is InChI=1S/C11H17N/c1-3-11(4-2)10-12-8-6-5-7-9-12/h3H,1-2,5-10H2. The molecule has 0 aromatic heterocycles. The Morgan fingerprint density at radius 1 is 1.33 bits per heavy atom. The zero-order valence-corrected chi connectivity index (χ0v) is 7.68. The van der Waals surface area contributed by atoms with Crippen molar-refractivity contribution in [3.63, 3.8) is 0 Å². The SMILES string of the molecule is C=C=C(C=C)CN1CCCCC1. The lowest BCUT2D eigenvalue weighted by Crippen LogP contribution is -2.31. The molecule has 0 N–H and O–H groups in total. The molecule has 1 saturated heterocycles. The third-order valence-corrected chi connectivity index (χ3v) is 2.32. The van der Waals surface area contributed by atoms with Crippen LogP contribution in [0.5, 0.6) is 0 Å². The van der Waals surface area contributed by atoms with Gasteiger partial charge in [0.25, 0.3) is 0 Å². The van der Waals surface area contributed by atoms with Gasteiger partial charge in [0.15, 0.2) is 0 Å². The molecule has 0 saturated carbocycles. The van der Waals surface area contributed by atoms with Gasteiger partial charge in [0, 0.05) is 12.1 Å². The number of likely N-dealkylation sites (tertiary alicyclic amines) is 1. The van der Waals surface area contributed by atoms with E-state index in [1.807, 2.05) is 6.08 Å². The molecule has 0 bridgehead atoms. The maximum atomic E-state index is 3.73. The molecule has 12 heavy (non-hydrogen) atoms. The highest BCUT2D eigenvalue weighted by Gasteiger charge is 2.09. The molecule has 1 heteroatoms. The Labute approximate surface area is 75.1 Å². The lowest BCUT2D eigenvalue weighted by Gasteiger charge is -2.26. The second kappa shape index (κ2) is 4.97. The van der Waals surface area contributed by atoms with E-state index < -0.39 is 0 Å². The summed E-state index contributed by atoms with van der Waals surface area (Å²) in [6, 6.07) is 0. The summed E-state index contributed by atoms with van der Waals surface area (Å²) < 4.78 is 0. The number of rotatable bonds is 3. The molecule has 1 rings (SSSR count). The first-order valence-corrected chi connectivity index (χ1v) is 4.60. The molecule has 1 aliphatic heterocycles. The van der Waals surface area contributed by atoms with Gasteiger partial charge < -0.3 is 0 Å². The van der Waals surface area contributed by atoms with E-state index >= 15 is 0 Å². The highest BCUT2D eigenvalue weighted by atomic mass is 15.1. The van der Waals surface area contributed by atoms with Gasteiger partial charge in [-0.3, -0.25) is 4.90 Å². The molecule has 0 unspecified atom stereocenters. The van der Waals surface area contributed by atoms with Crippen molar-refractivity contribution in [2.45, 2.75) is 19.3 Å². The van der Waals surface area contributed by atoms with Crippen LogP contribution >= 0.6 is 0 Å². The average Bonchev–Trinajstić information content (AvgIpc) is 2.16. The van der Waals surface area contributed by atoms with Crippen molar-refractivity contribution in [1.29, 1.82) is 0 Å². The monoisotopic (exact) mass is 163 g/mol. The molecule has 0 atom stereocenters. The number of hydrogen-bond donors (Lipinski definition) is 0. The zero-order chi connectivity index (χ0) is 8.81. The molecule has 0 spiro atoms. The molecule has 0 radical (unpaired) electrons. The Balaban J connectivity index is 2.38. The molecule has 0 amide bonds. The normalized spacial score (nSPS) is 18.3. The highest BCUT2D eigenvalue weighted by molar-refractivity contribution is 5.15. The summed E-state index contributed by atoms with van der Waals surface area (Å²) in [5.41, 5.74) is 4.03. The third-order valence-electron chi connectivity index (χ3n) is 2.32. The second-order valence-electron chi connectivity index (χ2n) is 3.24. The van der Waals surface area contributed by atoms with Gasteiger partial charge in [-0.15, -0.1) is 5.73 Å². The lowest BCUT2D eigenvalue weighted by molar-refractivity contribution is 0.248. The number of nitrogens with zero attached hydrogens (tertiary/aromatic N) is 1. The molecule has 0 aliphatic carbocycles. The Morgan fingerprint density at radius 3 is 2.50 bits per heavy atom. The lowest BCUT2D eigenvalue weighted by atomic mass is 10.1. The van der Waals surface area contributed by atoms with Crippen LogP contribution in [-0.2, 0) is 0 Å². The van der Waals surface area contributed by atoms with Crippen LogP contribution in [0, 0.1) is 0 Å². The molecular weight excluding hydrogens is 146 g/mol. The van der Waals surface area contributed by atoms with E-state index in [0.29, 0.717) is 0 Å². The van der Waals surface area contributed by atoms with Gasteiger partial charge >= 0.3 is 0 Å². The summed E-state index contributed by atoms with van der Waals surface area (Å²) in [5, 5.41) is 0. The van der Waals surface area contributed by atoms with Crippen molar-refractivity contribution in [3.05, 3.63) is 30.5 Å². The first kappa shape index (κ1) is 9.31. The van der Waals surface area contributed by atoms with Gasteiger partial charge in [-0.2, -0.15) is 0 Å². The summed E-state index contributed by atoms with van der Waals surface area (Å²) in [6.07, 6.45) is 5.91. The molecule has 1 aliphatic rings. The molecule has 1 heterocycles. The maximum Gasteiger partial charge on any atom is 0.0306 e. The van der Waals surface area contributed by atoms with Gasteiger partial charge in [0.05, 0.1) is 0 Å². The first-order valence-electron chi connectivity index (χ1n) is 4.60. The fraction of sp³-hybridized carbons (Fsp3) is 0.545. The molecule has 0 aromatic carbocycles. The first-order chi connectivity index (χ1) is 5.86. The topological polar surface area (TPSA) is 3.24 Å². The summed E-state index contributed by atoms with van der Waals surface area (Å²) in [7, 11) is 0. The average molecular weight is 163 g/mol. The van der Waals surface area contributed by atoms with E-state index in [0.717, 1.165) is 12.1 Å². The van der Waals surface area contributed by atoms with Crippen LogP contribution in [0.3, 0.4) is 0 Å². The van der Waals surface area contributed by atoms with Crippen LogP contribution in [0.2, 0.25) is 0 Å². The van der Waals surface area contributed by atoms with Crippen LogP contribution in [0.15, 0.2) is 30.5 Å². The number of piperidine rings is 1. The van der Waals surface area contributed by atoms with Crippen molar-refractivity contribution in [2.24, 2.45) is 0 Å². The number of hydrogen-bond acceptors (Lipinski definition) is 1. The summed E-state index contributed by atoms with van der Waals surface area (Å²) >= 11 is 0. The van der Waals surface area contributed by atoms with Crippen LogP contribution in [-0.4, -0.2) is 24.5 Å². The molecule has 66 valence electrons. The minimum atomic E-state index is 0.979. The van der Waals surface area contributed by atoms with E-state index in [9.17, 15) is 0 Å². The summed E-state index contributed by atoms with van der Waals surface area (Å²) in [6.45, 7) is 10.8. The molecular formula is C11H17N. The fourth-order valence-corrected chi connectivity index (χ4v) is 1.55. The van der Waals surface area contributed by atoms with Crippen LogP contribution in [0.1, 0.15) is 19.3 Å². The highest BCUT2D eigenvalue weighted by Crippen LogP contribution is 2.10. The van der Waals surface area contributed by atoms with E-state index in [4.69, 9.17) is 0 Å². The Morgan fingerprint density at radius 2 is 2.00 bits per heavy atom.